The highest BCUT2D eigenvalue weighted by Crippen LogP contribution is 2.22. The zero-order valence-electron chi connectivity index (χ0n) is 22.3. The Labute approximate surface area is 201 Å². The second kappa shape index (κ2) is 13.7. The Hall–Kier alpha value is -1.89. The smallest absolute Gasteiger partial charge is 0.333 e. The molecule has 1 aliphatic rings. The third kappa shape index (κ3) is 8.13. The summed E-state index contributed by atoms with van der Waals surface area (Å²) in [7, 11) is 0. The van der Waals surface area contributed by atoms with Crippen molar-refractivity contribution >= 4 is 17.8 Å². The number of ether oxygens (including phenoxy) is 1. The number of piperidine rings is 1. The van der Waals surface area contributed by atoms with Crippen LogP contribution in [-0.2, 0) is 19.1 Å². The summed E-state index contributed by atoms with van der Waals surface area (Å²) in [5.41, 5.74) is 0.488. The van der Waals surface area contributed by atoms with Crippen LogP contribution in [0.2, 0.25) is 0 Å². The van der Waals surface area contributed by atoms with Crippen molar-refractivity contribution in [2.24, 2.45) is 11.8 Å². The van der Waals surface area contributed by atoms with Crippen LogP contribution in [0.5, 0.6) is 0 Å². The molecule has 1 heterocycles. The molecular formula is C26H47N3O4. The molecule has 0 spiro atoms. The van der Waals surface area contributed by atoms with Gasteiger partial charge >= 0.3 is 5.97 Å². The molecule has 3 atom stereocenters. The van der Waals surface area contributed by atoms with Gasteiger partial charge in [0.2, 0.25) is 11.8 Å². The molecule has 7 heteroatoms. The summed E-state index contributed by atoms with van der Waals surface area (Å²) in [5.74, 6) is -0.511. The number of likely N-dealkylation sites (N-methyl/N-ethyl adjacent to an activating group) is 1. The molecule has 33 heavy (non-hydrogen) atoms. The van der Waals surface area contributed by atoms with Crippen LogP contribution in [0.25, 0.3) is 0 Å². The molecule has 0 radical (unpaired) electrons. The van der Waals surface area contributed by atoms with Crippen LogP contribution in [0.3, 0.4) is 0 Å². The molecule has 190 valence electrons. The van der Waals surface area contributed by atoms with Gasteiger partial charge in [-0.1, -0.05) is 40.2 Å². The minimum absolute atomic E-state index is 0.0606. The van der Waals surface area contributed by atoms with Gasteiger partial charge in [-0.2, -0.15) is 0 Å². The average Bonchev–Trinajstić information content (AvgIpc) is 2.76. The first-order valence-corrected chi connectivity index (χ1v) is 12.7. The number of hydrogen-bond acceptors (Lipinski definition) is 5. The van der Waals surface area contributed by atoms with Crippen LogP contribution in [0.15, 0.2) is 11.6 Å². The molecule has 2 amide bonds. The maximum absolute atomic E-state index is 13.7. The standard InChI is InChI=1S/C26H47N3O4/c1-10-28(22(17(3)4)16-20(9)26(32)33-11-2)25(31)23(18(5)6)27-24(30)21-14-12-13-15-29(21)19(7)8/h16-19,21-23H,10-15H2,1-9H3,(H,27,30)/t21?,22?,23-/m0/s1. The van der Waals surface area contributed by atoms with E-state index in [1.807, 2.05) is 40.7 Å². The Bertz CT molecular complexity index is 687. The van der Waals surface area contributed by atoms with Gasteiger partial charge in [-0.15, -0.1) is 0 Å². The van der Waals surface area contributed by atoms with Crippen molar-refractivity contribution < 1.29 is 19.1 Å². The van der Waals surface area contributed by atoms with Gasteiger partial charge in [0, 0.05) is 18.2 Å². The summed E-state index contributed by atoms with van der Waals surface area (Å²) < 4.78 is 5.12. The van der Waals surface area contributed by atoms with Gasteiger partial charge in [0.05, 0.1) is 18.7 Å². The third-order valence-electron chi connectivity index (χ3n) is 6.43. The average molecular weight is 466 g/mol. The van der Waals surface area contributed by atoms with Crippen molar-refractivity contribution in [3.05, 3.63) is 11.6 Å². The maximum atomic E-state index is 13.7. The Morgan fingerprint density at radius 3 is 2.18 bits per heavy atom. The van der Waals surface area contributed by atoms with Gasteiger partial charge in [0.15, 0.2) is 0 Å². The molecule has 1 fully saturated rings. The molecule has 0 saturated carbocycles. The second-order valence-electron chi connectivity index (χ2n) is 10.0. The molecule has 2 unspecified atom stereocenters. The first-order valence-electron chi connectivity index (χ1n) is 12.7. The Morgan fingerprint density at radius 2 is 1.70 bits per heavy atom. The van der Waals surface area contributed by atoms with E-state index in [1.54, 1.807) is 18.7 Å². The molecule has 1 N–H and O–H groups in total. The first-order chi connectivity index (χ1) is 15.5. The van der Waals surface area contributed by atoms with E-state index in [0.717, 1.165) is 25.8 Å². The summed E-state index contributed by atoms with van der Waals surface area (Å²) in [4.78, 5) is 43.2. The fraction of sp³-hybridized carbons (Fsp3) is 0.808. The van der Waals surface area contributed by atoms with E-state index in [1.165, 1.54) is 0 Å². The summed E-state index contributed by atoms with van der Waals surface area (Å²) in [6.07, 6.45) is 4.76. The number of nitrogens with one attached hydrogen (secondary N) is 1. The molecule has 1 aliphatic heterocycles. The first kappa shape index (κ1) is 29.1. The Balaban J connectivity index is 3.14. The highest BCUT2D eigenvalue weighted by atomic mass is 16.5. The van der Waals surface area contributed by atoms with Crippen molar-refractivity contribution in [1.29, 1.82) is 0 Å². The van der Waals surface area contributed by atoms with Gasteiger partial charge in [-0.25, -0.2) is 4.79 Å². The van der Waals surface area contributed by atoms with E-state index in [2.05, 4.69) is 24.1 Å². The third-order valence-corrected chi connectivity index (χ3v) is 6.43. The molecular weight excluding hydrogens is 418 g/mol. The topological polar surface area (TPSA) is 79.0 Å². The molecule has 0 aliphatic carbocycles. The van der Waals surface area contributed by atoms with E-state index in [4.69, 9.17) is 4.74 Å². The summed E-state index contributed by atoms with van der Waals surface area (Å²) >= 11 is 0. The maximum Gasteiger partial charge on any atom is 0.333 e. The number of hydrogen-bond donors (Lipinski definition) is 1. The van der Waals surface area contributed by atoms with Crippen LogP contribution in [0, 0.1) is 11.8 Å². The minimum Gasteiger partial charge on any atom is -0.463 e. The SMILES string of the molecule is CCOC(=O)C(C)=CC(C(C)C)N(CC)C(=O)[C@@H](NC(=O)C1CCCCN1C(C)C)C(C)C. The van der Waals surface area contributed by atoms with E-state index in [9.17, 15) is 14.4 Å². The number of esters is 1. The summed E-state index contributed by atoms with van der Waals surface area (Å²) in [6.45, 7) is 19.3. The van der Waals surface area contributed by atoms with E-state index >= 15 is 0 Å². The van der Waals surface area contributed by atoms with Gasteiger partial charge in [-0.3, -0.25) is 14.5 Å². The van der Waals surface area contributed by atoms with Gasteiger partial charge < -0.3 is 15.0 Å². The number of likely N-dealkylation sites (tertiary alicyclic amines) is 1. The van der Waals surface area contributed by atoms with Crippen LogP contribution >= 0.6 is 0 Å². The number of carbonyl (C=O) groups excluding carboxylic acids is 3. The van der Waals surface area contributed by atoms with Crippen molar-refractivity contribution in [3.8, 4) is 0 Å². The Kier molecular flexibility index (Phi) is 12.1. The number of nitrogens with zero attached hydrogens (tertiary/aromatic N) is 2. The summed E-state index contributed by atoms with van der Waals surface area (Å²) in [6, 6.07) is -0.810. The van der Waals surface area contributed by atoms with E-state index < -0.39 is 6.04 Å². The predicted molar refractivity (Wildman–Crippen MR) is 133 cm³/mol. The van der Waals surface area contributed by atoms with Crippen LogP contribution in [-0.4, -0.2) is 71.4 Å². The van der Waals surface area contributed by atoms with Crippen molar-refractivity contribution in [1.82, 2.24) is 15.1 Å². The fourth-order valence-electron chi connectivity index (χ4n) is 4.52. The van der Waals surface area contributed by atoms with E-state index in [-0.39, 0.29) is 47.7 Å². The fourth-order valence-corrected chi connectivity index (χ4v) is 4.52. The zero-order chi connectivity index (χ0) is 25.3. The molecule has 0 aromatic carbocycles. The van der Waals surface area contributed by atoms with E-state index in [0.29, 0.717) is 18.7 Å². The largest absolute Gasteiger partial charge is 0.463 e. The van der Waals surface area contributed by atoms with Crippen LogP contribution in [0.4, 0.5) is 0 Å². The second-order valence-corrected chi connectivity index (χ2v) is 10.0. The number of amides is 2. The lowest BCUT2D eigenvalue weighted by molar-refractivity contribution is -0.141. The summed E-state index contributed by atoms with van der Waals surface area (Å²) in [5, 5.41) is 3.09. The molecule has 1 saturated heterocycles. The van der Waals surface area contributed by atoms with Crippen molar-refractivity contribution in [2.75, 3.05) is 19.7 Å². The molecule has 0 aromatic heterocycles. The highest BCUT2D eigenvalue weighted by Gasteiger charge is 2.36. The highest BCUT2D eigenvalue weighted by molar-refractivity contribution is 5.91. The van der Waals surface area contributed by atoms with Crippen LogP contribution < -0.4 is 5.32 Å². The van der Waals surface area contributed by atoms with Crippen molar-refractivity contribution in [3.63, 3.8) is 0 Å². The molecule has 7 nitrogen and oxygen atoms in total. The lowest BCUT2D eigenvalue weighted by Crippen LogP contribution is -2.59. The van der Waals surface area contributed by atoms with Crippen LogP contribution in [0.1, 0.15) is 81.6 Å². The molecule has 0 bridgehead atoms. The normalized spacial score (nSPS) is 19.5. The quantitative estimate of drug-likeness (QED) is 0.371. The molecule has 0 aromatic rings. The van der Waals surface area contributed by atoms with Gasteiger partial charge in [0.25, 0.3) is 0 Å². The minimum atomic E-state index is -0.620. The zero-order valence-corrected chi connectivity index (χ0v) is 22.3. The number of carbonyl (C=O) groups is 3. The molecule has 1 rings (SSSR count). The van der Waals surface area contributed by atoms with Gasteiger partial charge in [0.1, 0.15) is 6.04 Å². The van der Waals surface area contributed by atoms with Crippen molar-refractivity contribution in [2.45, 2.75) is 106 Å². The monoisotopic (exact) mass is 465 g/mol. The number of rotatable bonds is 11. The lowest BCUT2D eigenvalue weighted by atomic mass is 9.95. The lowest BCUT2D eigenvalue weighted by Gasteiger charge is -2.39. The Morgan fingerprint density at radius 1 is 1.06 bits per heavy atom. The van der Waals surface area contributed by atoms with Gasteiger partial charge in [-0.05, 0) is 65.8 Å². The predicted octanol–water partition coefficient (Wildman–Crippen LogP) is 3.77.